The van der Waals surface area contributed by atoms with Gasteiger partial charge in [-0.15, -0.1) is 0 Å². The SMILES string of the molecule is O[C@@H](Cn1ccnc1)c1cccc(F)c1. The van der Waals surface area contributed by atoms with E-state index in [9.17, 15) is 9.50 Å². The molecule has 0 unspecified atom stereocenters. The van der Waals surface area contributed by atoms with Crippen LogP contribution in [0.5, 0.6) is 0 Å². The van der Waals surface area contributed by atoms with Crippen LogP contribution in [0, 0.1) is 5.82 Å². The summed E-state index contributed by atoms with van der Waals surface area (Å²) >= 11 is 0. The molecule has 2 aromatic rings. The predicted molar refractivity (Wildman–Crippen MR) is 53.6 cm³/mol. The van der Waals surface area contributed by atoms with Crippen LogP contribution in [-0.4, -0.2) is 14.7 Å². The zero-order chi connectivity index (χ0) is 10.7. The van der Waals surface area contributed by atoms with E-state index in [1.54, 1.807) is 35.4 Å². The lowest BCUT2D eigenvalue weighted by Gasteiger charge is -2.11. The minimum Gasteiger partial charge on any atom is -0.387 e. The maximum Gasteiger partial charge on any atom is 0.123 e. The van der Waals surface area contributed by atoms with Gasteiger partial charge < -0.3 is 9.67 Å². The maximum atomic E-state index is 12.9. The number of hydrogen-bond donors (Lipinski definition) is 1. The largest absolute Gasteiger partial charge is 0.387 e. The summed E-state index contributed by atoms with van der Waals surface area (Å²) < 4.78 is 14.6. The van der Waals surface area contributed by atoms with Crippen LogP contribution in [0.4, 0.5) is 4.39 Å². The molecule has 2 rings (SSSR count). The highest BCUT2D eigenvalue weighted by Crippen LogP contribution is 2.15. The summed E-state index contributed by atoms with van der Waals surface area (Å²) in [7, 11) is 0. The molecule has 0 bridgehead atoms. The Bertz CT molecular complexity index is 428. The van der Waals surface area contributed by atoms with E-state index in [0.717, 1.165) is 0 Å². The minimum absolute atomic E-state index is 0.336. The standard InChI is InChI=1S/C11H11FN2O/c12-10-3-1-2-9(6-10)11(15)7-14-5-4-13-8-14/h1-6,8,11,15H,7H2/t11-/m0/s1. The smallest absolute Gasteiger partial charge is 0.123 e. The summed E-state index contributed by atoms with van der Waals surface area (Å²) in [6, 6.07) is 5.97. The summed E-state index contributed by atoms with van der Waals surface area (Å²) in [6.45, 7) is 0.378. The van der Waals surface area contributed by atoms with Crippen LogP contribution in [0.3, 0.4) is 0 Å². The van der Waals surface area contributed by atoms with Crippen molar-refractivity contribution in [1.82, 2.24) is 9.55 Å². The van der Waals surface area contributed by atoms with Gasteiger partial charge in [0.2, 0.25) is 0 Å². The molecule has 1 aromatic carbocycles. The molecule has 0 radical (unpaired) electrons. The van der Waals surface area contributed by atoms with Gasteiger partial charge in [-0.2, -0.15) is 0 Å². The number of aliphatic hydroxyl groups excluding tert-OH is 1. The van der Waals surface area contributed by atoms with Crippen LogP contribution in [0.2, 0.25) is 0 Å². The molecule has 0 saturated heterocycles. The molecule has 4 heteroatoms. The molecule has 78 valence electrons. The Kier molecular flexibility index (Phi) is 2.78. The number of benzene rings is 1. The van der Waals surface area contributed by atoms with Gasteiger partial charge in [-0.1, -0.05) is 12.1 Å². The van der Waals surface area contributed by atoms with Crippen molar-refractivity contribution in [3.63, 3.8) is 0 Å². The second kappa shape index (κ2) is 4.23. The Hall–Kier alpha value is -1.68. The van der Waals surface area contributed by atoms with Crippen molar-refractivity contribution >= 4 is 0 Å². The van der Waals surface area contributed by atoms with Crippen molar-refractivity contribution in [2.45, 2.75) is 12.6 Å². The van der Waals surface area contributed by atoms with Gasteiger partial charge in [0.05, 0.1) is 19.0 Å². The van der Waals surface area contributed by atoms with Crippen LogP contribution in [0.15, 0.2) is 43.0 Å². The summed E-state index contributed by atoms with van der Waals surface area (Å²) in [4.78, 5) is 3.86. The molecule has 0 aliphatic heterocycles. The number of aromatic nitrogens is 2. The molecule has 0 saturated carbocycles. The van der Waals surface area contributed by atoms with Crippen molar-refractivity contribution in [3.8, 4) is 0 Å². The molecule has 1 atom stereocenters. The fourth-order valence-corrected chi connectivity index (χ4v) is 1.41. The zero-order valence-corrected chi connectivity index (χ0v) is 8.05. The van der Waals surface area contributed by atoms with Crippen molar-refractivity contribution < 1.29 is 9.50 Å². The first kappa shape index (κ1) is 9.86. The van der Waals surface area contributed by atoms with E-state index in [1.807, 2.05) is 0 Å². The van der Waals surface area contributed by atoms with E-state index < -0.39 is 6.10 Å². The van der Waals surface area contributed by atoms with Gasteiger partial charge in [-0.3, -0.25) is 0 Å². The highest BCUT2D eigenvalue weighted by atomic mass is 19.1. The molecule has 0 aliphatic carbocycles. The van der Waals surface area contributed by atoms with E-state index >= 15 is 0 Å². The highest BCUT2D eigenvalue weighted by Gasteiger charge is 2.08. The lowest BCUT2D eigenvalue weighted by atomic mass is 10.1. The van der Waals surface area contributed by atoms with Crippen LogP contribution in [-0.2, 0) is 6.54 Å². The molecular weight excluding hydrogens is 195 g/mol. The van der Waals surface area contributed by atoms with Gasteiger partial charge in [0.15, 0.2) is 0 Å². The summed E-state index contributed by atoms with van der Waals surface area (Å²) in [5.74, 6) is -0.336. The minimum atomic E-state index is -0.713. The normalized spacial score (nSPS) is 12.7. The average molecular weight is 206 g/mol. The van der Waals surface area contributed by atoms with E-state index in [1.165, 1.54) is 12.1 Å². The fraction of sp³-hybridized carbons (Fsp3) is 0.182. The van der Waals surface area contributed by atoms with Gasteiger partial charge in [0.25, 0.3) is 0 Å². The molecule has 15 heavy (non-hydrogen) atoms. The predicted octanol–water partition coefficient (Wildman–Crippen LogP) is 1.76. The van der Waals surface area contributed by atoms with Gasteiger partial charge in [-0.25, -0.2) is 9.37 Å². The molecule has 3 nitrogen and oxygen atoms in total. The molecule has 1 N–H and O–H groups in total. The Balaban J connectivity index is 2.11. The fourth-order valence-electron chi connectivity index (χ4n) is 1.41. The molecule has 0 amide bonds. The van der Waals surface area contributed by atoms with Crippen molar-refractivity contribution in [3.05, 3.63) is 54.4 Å². The molecule has 0 spiro atoms. The average Bonchev–Trinajstić information content (AvgIpc) is 2.70. The molecular formula is C11H11FN2O. The lowest BCUT2D eigenvalue weighted by Crippen LogP contribution is -2.07. The molecule has 1 aromatic heterocycles. The third-order valence-electron chi connectivity index (χ3n) is 2.18. The Morgan fingerprint density at radius 2 is 2.33 bits per heavy atom. The van der Waals surface area contributed by atoms with E-state index in [4.69, 9.17) is 0 Å². The van der Waals surface area contributed by atoms with E-state index in [0.29, 0.717) is 12.1 Å². The first-order valence-electron chi connectivity index (χ1n) is 4.65. The Morgan fingerprint density at radius 1 is 1.47 bits per heavy atom. The summed E-state index contributed by atoms with van der Waals surface area (Å²) in [5, 5.41) is 9.80. The maximum absolute atomic E-state index is 12.9. The van der Waals surface area contributed by atoms with Gasteiger partial charge in [0, 0.05) is 12.4 Å². The van der Waals surface area contributed by atoms with Crippen LogP contribution in [0.1, 0.15) is 11.7 Å². The molecule has 0 fully saturated rings. The van der Waals surface area contributed by atoms with Crippen molar-refractivity contribution in [1.29, 1.82) is 0 Å². The third-order valence-corrected chi connectivity index (χ3v) is 2.18. The second-order valence-corrected chi connectivity index (χ2v) is 3.33. The number of halogens is 1. The number of aliphatic hydroxyl groups is 1. The number of hydrogen-bond acceptors (Lipinski definition) is 2. The third kappa shape index (κ3) is 2.41. The monoisotopic (exact) mass is 206 g/mol. The van der Waals surface area contributed by atoms with Crippen LogP contribution >= 0.6 is 0 Å². The van der Waals surface area contributed by atoms with Gasteiger partial charge >= 0.3 is 0 Å². The quantitative estimate of drug-likeness (QED) is 0.830. The van der Waals surface area contributed by atoms with Crippen molar-refractivity contribution in [2.75, 3.05) is 0 Å². The zero-order valence-electron chi connectivity index (χ0n) is 8.05. The summed E-state index contributed by atoms with van der Waals surface area (Å²) in [5.41, 5.74) is 0.573. The number of nitrogens with zero attached hydrogens (tertiary/aromatic N) is 2. The number of imidazole rings is 1. The molecule has 0 aliphatic rings. The number of rotatable bonds is 3. The van der Waals surface area contributed by atoms with Crippen molar-refractivity contribution in [2.24, 2.45) is 0 Å². The highest BCUT2D eigenvalue weighted by molar-refractivity contribution is 5.18. The van der Waals surface area contributed by atoms with Crippen LogP contribution < -0.4 is 0 Å². The molecule has 1 heterocycles. The summed E-state index contributed by atoms with van der Waals surface area (Å²) in [6.07, 6.45) is 4.29. The first-order chi connectivity index (χ1) is 7.25. The first-order valence-corrected chi connectivity index (χ1v) is 4.65. The lowest BCUT2D eigenvalue weighted by molar-refractivity contribution is 0.156. The van der Waals surface area contributed by atoms with E-state index in [-0.39, 0.29) is 5.82 Å². The van der Waals surface area contributed by atoms with Crippen LogP contribution in [0.25, 0.3) is 0 Å². The Labute approximate surface area is 86.8 Å². The van der Waals surface area contributed by atoms with E-state index in [2.05, 4.69) is 4.98 Å². The topological polar surface area (TPSA) is 38.0 Å². The second-order valence-electron chi connectivity index (χ2n) is 3.33. The van der Waals surface area contributed by atoms with Gasteiger partial charge in [-0.05, 0) is 17.7 Å². The van der Waals surface area contributed by atoms with Gasteiger partial charge in [0.1, 0.15) is 5.82 Å². The Morgan fingerprint density at radius 3 is 3.00 bits per heavy atom.